The number of amides is 3. The van der Waals surface area contributed by atoms with E-state index in [1.807, 2.05) is 0 Å². The summed E-state index contributed by atoms with van der Waals surface area (Å²) < 4.78 is 0. The first-order chi connectivity index (χ1) is 9.02. The second-order valence-corrected chi connectivity index (χ2v) is 5.31. The second-order valence-electron chi connectivity index (χ2n) is 5.31. The summed E-state index contributed by atoms with van der Waals surface area (Å²) in [7, 11) is 1.48. The third kappa shape index (κ3) is 6.02. The van der Waals surface area contributed by atoms with Crippen molar-refractivity contribution in [2.45, 2.75) is 32.7 Å². The minimum absolute atomic E-state index is 0.298. The van der Waals surface area contributed by atoms with E-state index in [-0.39, 0.29) is 11.9 Å². The molecule has 110 valence electrons. The molecule has 0 radical (unpaired) electrons. The van der Waals surface area contributed by atoms with Gasteiger partial charge in [-0.05, 0) is 45.3 Å². The van der Waals surface area contributed by atoms with Crippen LogP contribution in [0.4, 0.5) is 4.79 Å². The molecule has 2 atom stereocenters. The number of hydrogen-bond donors (Lipinski definition) is 3. The summed E-state index contributed by atoms with van der Waals surface area (Å²) in [6, 6.07) is -0.831. The lowest BCUT2D eigenvalue weighted by molar-refractivity contribution is -0.121. The zero-order valence-electron chi connectivity index (χ0n) is 12.2. The Hall–Kier alpha value is -1.14. The number of hydrogen-bond acceptors (Lipinski definition) is 4. The molecule has 0 spiro atoms. The summed E-state index contributed by atoms with van der Waals surface area (Å²) in [6.07, 6.45) is 2.59. The maximum atomic E-state index is 11.6. The van der Waals surface area contributed by atoms with Gasteiger partial charge < -0.3 is 15.5 Å². The fourth-order valence-corrected chi connectivity index (χ4v) is 2.22. The number of rotatable bonds is 6. The Morgan fingerprint density at radius 3 is 2.42 bits per heavy atom. The van der Waals surface area contributed by atoms with Crippen LogP contribution in [0.3, 0.4) is 0 Å². The highest BCUT2D eigenvalue weighted by Gasteiger charge is 2.18. The van der Waals surface area contributed by atoms with Crippen molar-refractivity contribution in [3.8, 4) is 0 Å². The van der Waals surface area contributed by atoms with Gasteiger partial charge in [-0.25, -0.2) is 4.79 Å². The topological polar surface area (TPSA) is 73.5 Å². The highest BCUT2D eigenvalue weighted by molar-refractivity contribution is 5.96. The summed E-state index contributed by atoms with van der Waals surface area (Å²) >= 11 is 0. The first-order valence-corrected chi connectivity index (χ1v) is 7.01. The van der Waals surface area contributed by atoms with Gasteiger partial charge in [0, 0.05) is 13.6 Å². The molecule has 1 heterocycles. The van der Waals surface area contributed by atoms with Gasteiger partial charge in [0.2, 0.25) is 5.91 Å². The summed E-state index contributed by atoms with van der Waals surface area (Å²) in [5.74, 6) is 0.195. The van der Waals surface area contributed by atoms with E-state index < -0.39 is 6.03 Å². The summed E-state index contributed by atoms with van der Waals surface area (Å²) in [4.78, 5) is 25.1. The van der Waals surface area contributed by atoms with Gasteiger partial charge in [-0.3, -0.25) is 10.1 Å². The predicted octanol–water partition coefficient (Wildman–Crippen LogP) is 0.152. The molecule has 6 nitrogen and oxygen atoms in total. The van der Waals surface area contributed by atoms with Gasteiger partial charge in [-0.15, -0.1) is 0 Å². The fraction of sp³-hybridized carbons (Fsp3) is 0.846. The van der Waals surface area contributed by atoms with Crippen LogP contribution in [0.1, 0.15) is 26.7 Å². The Morgan fingerprint density at radius 1 is 1.21 bits per heavy atom. The molecule has 2 unspecified atom stereocenters. The summed E-state index contributed by atoms with van der Waals surface area (Å²) in [5.41, 5.74) is 0. The molecule has 0 aromatic rings. The zero-order chi connectivity index (χ0) is 14.3. The molecule has 1 fully saturated rings. The van der Waals surface area contributed by atoms with Gasteiger partial charge in [0.1, 0.15) is 0 Å². The van der Waals surface area contributed by atoms with Crippen molar-refractivity contribution in [3.05, 3.63) is 0 Å². The van der Waals surface area contributed by atoms with Crippen LogP contribution in [-0.4, -0.2) is 56.1 Å². The molecule has 3 N–H and O–H groups in total. The Labute approximate surface area is 115 Å². The van der Waals surface area contributed by atoms with Gasteiger partial charge in [0.15, 0.2) is 0 Å². The van der Waals surface area contributed by atoms with Crippen molar-refractivity contribution >= 4 is 11.9 Å². The molecule has 0 aromatic heterocycles. The average Bonchev–Trinajstić information content (AvgIpc) is 2.88. The lowest BCUT2D eigenvalue weighted by Crippen LogP contribution is -2.48. The molecule has 0 saturated carbocycles. The SMILES string of the molecule is CNC(=O)NC(=O)C(C)NCC(C)CN1CCCC1. The number of likely N-dealkylation sites (tertiary alicyclic amines) is 1. The fourth-order valence-electron chi connectivity index (χ4n) is 2.22. The number of carbonyl (C=O) groups excluding carboxylic acids is 2. The third-order valence-electron chi connectivity index (χ3n) is 3.40. The maximum Gasteiger partial charge on any atom is 0.321 e. The minimum atomic E-state index is -0.469. The van der Waals surface area contributed by atoms with Crippen LogP contribution in [0.2, 0.25) is 0 Å². The zero-order valence-corrected chi connectivity index (χ0v) is 12.2. The van der Waals surface area contributed by atoms with Gasteiger partial charge in [-0.2, -0.15) is 0 Å². The Bertz CT molecular complexity index is 303. The number of nitrogens with one attached hydrogen (secondary N) is 3. The van der Waals surface area contributed by atoms with E-state index in [1.165, 1.54) is 33.0 Å². The molecule has 1 saturated heterocycles. The van der Waals surface area contributed by atoms with E-state index in [9.17, 15) is 9.59 Å². The lowest BCUT2D eigenvalue weighted by atomic mass is 10.1. The van der Waals surface area contributed by atoms with Crippen LogP contribution >= 0.6 is 0 Å². The van der Waals surface area contributed by atoms with E-state index in [0.717, 1.165) is 13.1 Å². The van der Waals surface area contributed by atoms with E-state index in [1.54, 1.807) is 6.92 Å². The molecule has 1 aliphatic rings. The van der Waals surface area contributed by atoms with Crippen LogP contribution in [-0.2, 0) is 4.79 Å². The van der Waals surface area contributed by atoms with E-state index in [4.69, 9.17) is 0 Å². The highest BCUT2D eigenvalue weighted by Crippen LogP contribution is 2.09. The van der Waals surface area contributed by atoms with Crippen molar-refractivity contribution in [3.63, 3.8) is 0 Å². The molecule has 3 amide bonds. The van der Waals surface area contributed by atoms with E-state index in [2.05, 4.69) is 27.8 Å². The van der Waals surface area contributed by atoms with Crippen LogP contribution in [0.15, 0.2) is 0 Å². The van der Waals surface area contributed by atoms with Crippen molar-refractivity contribution in [1.82, 2.24) is 20.9 Å². The number of urea groups is 1. The highest BCUT2D eigenvalue weighted by atomic mass is 16.2. The Balaban J connectivity index is 2.19. The second kappa shape index (κ2) is 8.12. The van der Waals surface area contributed by atoms with Gasteiger partial charge in [-0.1, -0.05) is 6.92 Å². The smallest absolute Gasteiger partial charge is 0.321 e. The quantitative estimate of drug-likeness (QED) is 0.642. The maximum absolute atomic E-state index is 11.6. The normalized spacial score (nSPS) is 18.9. The van der Waals surface area contributed by atoms with Crippen LogP contribution < -0.4 is 16.0 Å². The van der Waals surface area contributed by atoms with Gasteiger partial charge >= 0.3 is 6.03 Å². The molecular weight excluding hydrogens is 244 g/mol. The number of carbonyl (C=O) groups is 2. The molecule has 0 bridgehead atoms. The molecule has 1 aliphatic heterocycles. The van der Waals surface area contributed by atoms with Crippen LogP contribution in [0.5, 0.6) is 0 Å². The average molecular weight is 270 g/mol. The molecule has 0 aromatic carbocycles. The summed E-state index contributed by atoms with van der Waals surface area (Å²) in [5, 5.41) is 7.79. The van der Waals surface area contributed by atoms with Crippen LogP contribution in [0.25, 0.3) is 0 Å². The molecule has 6 heteroatoms. The van der Waals surface area contributed by atoms with Gasteiger partial charge in [0.05, 0.1) is 6.04 Å². The number of nitrogens with zero attached hydrogens (tertiary/aromatic N) is 1. The monoisotopic (exact) mass is 270 g/mol. The first-order valence-electron chi connectivity index (χ1n) is 7.01. The number of imide groups is 1. The third-order valence-corrected chi connectivity index (χ3v) is 3.40. The molecule has 1 rings (SSSR count). The van der Waals surface area contributed by atoms with Crippen LogP contribution in [0, 0.1) is 5.92 Å². The largest absolute Gasteiger partial charge is 0.341 e. The van der Waals surface area contributed by atoms with Gasteiger partial charge in [0.25, 0.3) is 0 Å². The van der Waals surface area contributed by atoms with E-state index in [0.29, 0.717) is 5.92 Å². The lowest BCUT2D eigenvalue weighted by Gasteiger charge is -2.22. The van der Waals surface area contributed by atoms with E-state index >= 15 is 0 Å². The summed E-state index contributed by atoms with van der Waals surface area (Å²) in [6.45, 7) is 8.17. The molecule has 0 aliphatic carbocycles. The molecular formula is C13H26N4O2. The van der Waals surface area contributed by atoms with Crippen molar-refractivity contribution in [2.75, 3.05) is 33.2 Å². The minimum Gasteiger partial charge on any atom is -0.341 e. The standard InChI is InChI=1S/C13H26N4O2/c1-10(9-17-6-4-5-7-17)8-15-11(2)12(18)16-13(19)14-3/h10-11,15H,4-9H2,1-3H3,(H2,14,16,18,19). The molecule has 19 heavy (non-hydrogen) atoms. The van der Waals surface area contributed by atoms with Crippen molar-refractivity contribution in [2.24, 2.45) is 5.92 Å². The Kier molecular flexibility index (Phi) is 6.80. The Morgan fingerprint density at radius 2 is 1.84 bits per heavy atom. The predicted molar refractivity (Wildman–Crippen MR) is 74.9 cm³/mol. The van der Waals surface area contributed by atoms with Crippen molar-refractivity contribution < 1.29 is 9.59 Å². The first kappa shape index (κ1) is 15.9. The van der Waals surface area contributed by atoms with Crippen molar-refractivity contribution in [1.29, 1.82) is 0 Å².